The van der Waals surface area contributed by atoms with Gasteiger partial charge < -0.3 is 10.6 Å². The summed E-state index contributed by atoms with van der Waals surface area (Å²) in [6.07, 6.45) is 1.52. The van der Waals surface area contributed by atoms with E-state index in [1.165, 1.54) is 13.1 Å². The van der Waals surface area contributed by atoms with Crippen LogP contribution in [0.15, 0.2) is 41.0 Å². The van der Waals surface area contributed by atoms with Crippen molar-refractivity contribution >= 4 is 50.7 Å². The third-order valence-electron chi connectivity index (χ3n) is 2.51. The van der Waals surface area contributed by atoms with Crippen molar-refractivity contribution in [1.82, 2.24) is 4.98 Å². The monoisotopic (exact) mass is 367 g/mol. The van der Waals surface area contributed by atoms with Crippen LogP contribution in [0.3, 0.4) is 0 Å². The molecule has 2 N–H and O–H groups in total. The van der Waals surface area contributed by atoms with Gasteiger partial charge in [-0.15, -0.1) is 0 Å². The topological polar surface area (TPSA) is 71.1 Å². The van der Waals surface area contributed by atoms with Gasteiger partial charge in [-0.3, -0.25) is 9.59 Å². The zero-order valence-corrected chi connectivity index (χ0v) is 13.3. The van der Waals surface area contributed by atoms with E-state index in [1.807, 2.05) is 0 Å². The minimum atomic E-state index is -0.360. The zero-order valence-electron chi connectivity index (χ0n) is 11.0. The van der Waals surface area contributed by atoms with Gasteiger partial charge in [-0.25, -0.2) is 4.98 Å². The average Bonchev–Trinajstić information content (AvgIpc) is 2.43. The van der Waals surface area contributed by atoms with E-state index in [2.05, 4.69) is 31.5 Å². The molecule has 2 aromatic rings. The molecule has 2 amide bonds. The summed E-state index contributed by atoms with van der Waals surface area (Å²) < 4.78 is 0.665. The van der Waals surface area contributed by atoms with Crippen LogP contribution in [0.2, 0.25) is 5.15 Å². The Labute approximate surface area is 134 Å². The minimum Gasteiger partial charge on any atom is -0.326 e. The summed E-state index contributed by atoms with van der Waals surface area (Å²) in [4.78, 5) is 26.9. The van der Waals surface area contributed by atoms with Crippen LogP contribution in [-0.4, -0.2) is 16.8 Å². The van der Waals surface area contributed by atoms with Crippen LogP contribution >= 0.6 is 27.5 Å². The van der Waals surface area contributed by atoms with Crippen LogP contribution in [-0.2, 0) is 4.79 Å². The highest BCUT2D eigenvalue weighted by molar-refractivity contribution is 9.10. The van der Waals surface area contributed by atoms with Crippen LogP contribution in [0.25, 0.3) is 0 Å². The van der Waals surface area contributed by atoms with Gasteiger partial charge in [0.1, 0.15) is 5.15 Å². The fraction of sp³-hybridized carbons (Fsp3) is 0.0714. The van der Waals surface area contributed by atoms with Crippen LogP contribution in [0.4, 0.5) is 11.4 Å². The van der Waals surface area contributed by atoms with E-state index in [0.29, 0.717) is 15.8 Å². The average molecular weight is 369 g/mol. The molecule has 0 spiro atoms. The molecular weight excluding hydrogens is 358 g/mol. The third-order valence-corrected chi connectivity index (χ3v) is 3.25. The van der Waals surface area contributed by atoms with Gasteiger partial charge in [-0.1, -0.05) is 11.6 Å². The molecule has 5 nitrogen and oxygen atoms in total. The maximum atomic E-state index is 12.1. The Morgan fingerprint density at radius 2 is 1.71 bits per heavy atom. The summed E-state index contributed by atoms with van der Waals surface area (Å²) >= 11 is 9.14. The Hall–Kier alpha value is -1.92. The molecular formula is C14H11BrClN3O2. The molecule has 0 saturated heterocycles. The van der Waals surface area contributed by atoms with Gasteiger partial charge in [0.05, 0.1) is 5.56 Å². The maximum Gasteiger partial charge on any atom is 0.258 e. The van der Waals surface area contributed by atoms with Crippen LogP contribution < -0.4 is 10.6 Å². The Morgan fingerprint density at radius 1 is 1.14 bits per heavy atom. The summed E-state index contributed by atoms with van der Waals surface area (Å²) in [6, 6.07) is 8.34. The van der Waals surface area contributed by atoms with E-state index in [1.54, 1.807) is 30.3 Å². The molecule has 1 heterocycles. The third kappa shape index (κ3) is 4.27. The fourth-order valence-electron chi connectivity index (χ4n) is 1.62. The van der Waals surface area contributed by atoms with E-state index in [4.69, 9.17) is 11.6 Å². The van der Waals surface area contributed by atoms with Gasteiger partial charge in [-0.05, 0) is 46.3 Å². The SMILES string of the molecule is CC(=O)Nc1ccc(NC(=O)c2cc(Br)cnc2Cl)cc1. The molecule has 0 aliphatic heterocycles. The first-order valence-electron chi connectivity index (χ1n) is 5.96. The molecule has 21 heavy (non-hydrogen) atoms. The highest BCUT2D eigenvalue weighted by atomic mass is 79.9. The van der Waals surface area contributed by atoms with Crippen molar-refractivity contribution < 1.29 is 9.59 Å². The standard InChI is InChI=1S/C14H11BrClN3O2/c1-8(20)18-10-2-4-11(5-3-10)19-14(21)12-6-9(15)7-17-13(12)16/h2-7H,1H3,(H,18,20)(H,19,21). The Kier molecular flexibility index (Phi) is 4.93. The number of benzene rings is 1. The van der Waals surface area contributed by atoms with E-state index >= 15 is 0 Å². The number of nitrogens with zero attached hydrogens (tertiary/aromatic N) is 1. The molecule has 1 aromatic heterocycles. The number of amides is 2. The largest absolute Gasteiger partial charge is 0.326 e. The number of halogens is 2. The van der Waals surface area contributed by atoms with E-state index < -0.39 is 0 Å². The number of anilines is 2. The number of carbonyl (C=O) groups is 2. The van der Waals surface area contributed by atoms with Crippen molar-refractivity contribution in [1.29, 1.82) is 0 Å². The van der Waals surface area contributed by atoms with Crippen molar-refractivity contribution in [2.75, 3.05) is 10.6 Å². The number of hydrogen-bond donors (Lipinski definition) is 2. The Morgan fingerprint density at radius 3 is 2.29 bits per heavy atom. The first-order chi connectivity index (χ1) is 9.95. The van der Waals surface area contributed by atoms with Crippen LogP contribution in [0.1, 0.15) is 17.3 Å². The highest BCUT2D eigenvalue weighted by Gasteiger charge is 2.12. The predicted molar refractivity (Wildman–Crippen MR) is 85.6 cm³/mol. The number of rotatable bonds is 3. The first-order valence-corrected chi connectivity index (χ1v) is 7.13. The molecule has 2 rings (SSSR count). The number of hydrogen-bond acceptors (Lipinski definition) is 3. The quantitative estimate of drug-likeness (QED) is 0.811. The lowest BCUT2D eigenvalue weighted by Gasteiger charge is -2.08. The molecule has 0 unspecified atom stereocenters. The summed E-state index contributed by atoms with van der Waals surface area (Å²) in [7, 11) is 0. The Bertz CT molecular complexity index is 689. The van der Waals surface area contributed by atoms with Gasteiger partial charge in [0.25, 0.3) is 5.91 Å². The summed E-state index contributed by atoms with van der Waals surface area (Å²) in [5.74, 6) is -0.514. The van der Waals surface area contributed by atoms with Crippen molar-refractivity contribution in [2.24, 2.45) is 0 Å². The summed E-state index contributed by atoms with van der Waals surface area (Å²) in [5, 5.41) is 5.48. The van der Waals surface area contributed by atoms with Gasteiger partial charge in [0, 0.05) is 29.0 Å². The number of carbonyl (C=O) groups excluding carboxylic acids is 2. The molecule has 0 aliphatic carbocycles. The lowest BCUT2D eigenvalue weighted by atomic mass is 10.2. The number of nitrogens with one attached hydrogen (secondary N) is 2. The van der Waals surface area contributed by atoms with Crippen molar-refractivity contribution in [3.63, 3.8) is 0 Å². The molecule has 0 atom stereocenters. The maximum absolute atomic E-state index is 12.1. The second-order valence-electron chi connectivity index (χ2n) is 4.20. The first kappa shape index (κ1) is 15.5. The predicted octanol–water partition coefficient (Wildman–Crippen LogP) is 3.71. The second-order valence-corrected chi connectivity index (χ2v) is 5.48. The van der Waals surface area contributed by atoms with Gasteiger partial charge >= 0.3 is 0 Å². The van der Waals surface area contributed by atoms with E-state index in [9.17, 15) is 9.59 Å². The number of aromatic nitrogens is 1. The number of pyridine rings is 1. The zero-order chi connectivity index (χ0) is 15.4. The van der Waals surface area contributed by atoms with Crippen LogP contribution in [0, 0.1) is 0 Å². The molecule has 1 aromatic carbocycles. The normalized spacial score (nSPS) is 10.0. The fourth-order valence-corrected chi connectivity index (χ4v) is 2.14. The molecule has 108 valence electrons. The van der Waals surface area contributed by atoms with Crippen molar-refractivity contribution in [2.45, 2.75) is 6.92 Å². The van der Waals surface area contributed by atoms with E-state index in [-0.39, 0.29) is 22.5 Å². The minimum absolute atomic E-state index is 0.130. The van der Waals surface area contributed by atoms with Crippen molar-refractivity contribution in [3.8, 4) is 0 Å². The van der Waals surface area contributed by atoms with E-state index in [0.717, 1.165) is 0 Å². The smallest absolute Gasteiger partial charge is 0.258 e. The van der Waals surface area contributed by atoms with Gasteiger partial charge in [-0.2, -0.15) is 0 Å². The van der Waals surface area contributed by atoms with Crippen LogP contribution in [0.5, 0.6) is 0 Å². The molecule has 0 bridgehead atoms. The van der Waals surface area contributed by atoms with Gasteiger partial charge in [0.2, 0.25) is 5.91 Å². The molecule has 0 radical (unpaired) electrons. The lowest BCUT2D eigenvalue weighted by Crippen LogP contribution is -2.13. The lowest BCUT2D eigenvalue weighted by molar-refractivity contribution is -0.114. The van der Waals surface area contributed by atoms with Crippen molar-refractivity contribution in [3.05, 3.63) is 51.7 Å². The summed E-state index contributed by atoms with van der Waals surface area (Å²) in [5.41, 5.74) is 1.52. The highest BCUT2D eigenvalue weighted by Crippen LogP contribution is 2.20. The molecule has 0 aliphatic rings. The molecule has 7 heteroatoms. The summed E-state index contributed by atoms with van der Waals surface area (Å²) in [6.45, 7) is 1.43. The molecule has 0 fully saturated rings. The second kappa shape index (κ2) is 6.69. The van der Waals surface area contributed by atoms with Gasteiger partial charge in [0.15, 0.2) is 0 Å². The Balaban J connectivity index is 2.12. The molecule has 0 saturated carbocycles.